The van der Waals surface area contributed by atoms with E-state index in [0.29, 0.717) is 0 Å². The van der Waals surface area contributed by atoms with Crippen LogP contribution in [0.4, 0.5) is 0 Å². The zero-order chi connectivity index (χ0) is 20.2. The minimum absolute atomic E-state index is 0.226. The summed E-state index contributed by atoms with van der Waals surface area (Å²) in [7, 11) is 0. The predicted molar refractivity (Wildman–Crippen MR) is 121 cm³/mol. The van der Waals surface area contributed by atoms with Crippen molar-refractivity contribution in [1.82, 2.24) is 4.90 Å². The zero-order valence-electron chi connectivity index (χ0n) is 18.3. The molecule has 156 valence electrons. The summed E-state index contributed by atoms with van der Waals surface area (Å²) in [4.78, 5) is 7.42. The van der Waals surface area contributed by atoms with E-state index in [9.17, 15) is 0 Å². The van der Waals surface area contributed by atoms with Crippen LogP contribution in [0.2, 0.25) is 0 Å². The van der Waals surface area contributed by atoms with Gasteiger partial charge in [-0.25, -0.2) is 0 Å². The average molecular weight is 393 g/mol. The molecule has 3 atom stereocenters. The average Bonchev–Trinajstić information content (AvgIpc) is 3.53. The highest BCUT2D eigenvalue weighted by molar-refractivity contribution is 5.80. The molecule has 0 spiro atoms. The number of ether oxygens (including phenoxy) is 1. The van der Waals surface area contributed by atoms with Crippen molar-refractivity contribution >= 4 is 6.21 Å². The van der Waals surface area contributed by atoms with Crippen molar-refractivity contribution in [2.24, 2.45) is 22.7 Å². The minimum Gasteiger partial charge on any atom is -0.376 e. The van der Waals surface area contributed by atoms with Gasteiger partial charge in [0.05, 0.1) is 13.2 Å². The first-order valence-corrected chi connectivity index (χ1v) is 11.4. The number of allylic oxidation sites excluding steroid dienone is 3. The standard InChI is InChI=1S/C26H36N2O/c1-4-21-13-20(3)14-26(27-16-21)28-11-9-23(10-12-28)25-15-24(25)18-29-17-22-7-5-19(2)6-8-22/h5-8,13-14,16,23-26H,4,9-12,15,17-18H2,1-3H3/t24-,25-,26?/m1/s1. The van der Waals surface area contributed by atoms with Crippen LogP contribution in [0.1, 0.15) is 50.7 Å². The maximum Gasteiger partial charge on any atom is 0.121 e. The van der Waals surface area contributed by atoms with Crippen LogP contribution in [-0.4, -0.2) is 37.0 Å². The van der Waals surface area contributed by atoms with Gasteiger partial charge in [-0.3, -0.25) is 9.89 Å². The van der Waals surface area contributed by atoms with Gasteiger partial charge in [0, 0.05) is 19.3 Å². The van der Waals surface area contributed by atoms with Crippen LogP contribution in [0.25, 0.3) is 0 Å². The van der Waals surface area contributed by atoms with E-state index in [1.54, 1.807) is 0 Å². The monoisotopic (exact) mass is 392 g/mol. The van der Waals surface area contributed by atoms with Gasteiger partial charge in [-0.05, 0) is 74.5 Å². The van der Waals surface area contributed by atoms with Crippen molar-refractivity contribution in [3.8, 4) is 0 Å². The highest BCUT2D eigenvalue weighted by Gasteiger charge is 2.43. The Kier molecular flexibility index (Phi) is 6.67. The normalized spacial score (nSPS) is 28.0. The van der Waals surface area contributed by atoms with Crippen LogP contribution in [0.5, 0.6) is 0 Å². The van der Waals surface area contributed by atoms with Gasteiger partial charge < -0.3 is 4.74 Å². The van der Waals surface area contributed by atoms with Gasteiger partial charge in [0.1, 0.15) is 6.17 Å². The van der Waals surface area contributed by atoms with E-state index >= 15 is 0 Å². The molecule has 1 unspecified atom stereocenters. The molecule has 0 bridgehead atoms. The molecule has 1 saturated carbocycles. The number of rotatable bonds is 7. The summed E-state index contributed by atoms with van der Waals surface area (Å²) in [5, 5.41) is 0. The number of hydrogen-bond donors (Lipinski definition) is 0. The number of aryl methyl sites for hydroxylation is 1. The molecule has 0 N–H and O–H groups in total. The summed E-state index contributed by atoms with van der Waals surface area (Å²) in [6.07, 6.45) is 12.0. The van der Waals surface area contributed by atoms with E-state index in [1.807, 2.05) is 0 Å². The van der Waals surface area contributed by atoms with Crippen LogP contribution in [0, 0.1) is 24.7 Å². The topological polar surface area (TPSA) is 24.8 Å². The molecule has 4 rings (SSSR count). The molecule has 3 heteroatoms. The summed E-state index contributed by atoms with van der Waals surface area (Å²) in [5.74, 6) is 2.55. The number of nitrogens with zero attached hydrogens (tertiary/aromatic N) is 2. The zero-order valence-corrected chi connectivity index (χ0v) is 18.3. The fourth-order valence-electron chi connectivity index (χ4n) is 4.89. The summed E-state index contributed by atoms with van der Waals surface area (Å²) >= 11 is 0. The van der Waals surface area contributed by atoms with Gasteiger partial charge >= 0.3 is 0 Å². The molecule has 1 aromatic rings. The highest BCUT2D eigenvalue weighted by atomic mass is 16.5. The lowest BCUT2D eigenvalue weighted by Crippen LogP contribution is -2.40. The van der Waals surface area contributed by atoms with Crippen LogP contribution >= 0.6 is 0 Å². The lowest BCUT2D eigenvalue weighted by atomic mass is 9.90. The van der Waals surface area contributed by atoms with Crippen LogP contribution in [-0.2, 0) is 11.3 Å². The third-order valence-electron chi connectivity index (χ3n) is 6.88. The molecule has 1 aliphatic carbocycles. The van der Waals surface area contributed by atoms with Gasteiger partial charge in [-0.1, -0.05) is 48.4 Å². The first-order chi connectivity index (χ1) is 14.1. The van der Waals surface area contributed by atoms with Gasteiger partial charge in [-0.15, -0.1) is 0 Å². The fraction of sp³-hybridized carbons (Fsp3) is 0.577. The van der Waals surface area contributed by atoms with Crippen molar-refractivity contribution in [2.45, 2.75) is 59.2 Å². The summed E-state index contributed by atoms with van der Waals surface area (Å²) in [6, 6.07) is 8.70. The second-order valence-electron chi connectivity index (χ2n) is 9.21. The Bertz CT molecular complexity index is 768. The highest BCUT2D eigenvalue weighted by Crippen LogP contribution is 2.48. The Morgan fingerprint density at radius 1 is 1.10 bits per heavy atom. The maximum atomic E-state index is 6.02. The van der Waals surface area contributed by atoms with E-state index in [4.69, 9.17) is 9.73 Å². The Morgan fingerprint density at radius 2 is 1.86 bits per heavy atom. The first-order valence-electron chi connectivity index (χ1n) is 11.4. The maximum absolute atomic E-state index is 6.02. The van der Waals surface area contributed by atoms with Crippen molar-refractivity contribution in [3.05, 3.63) is 58.7 Å². The molecular weight excluding hydrogens is 356 g/mol. The number of benzene rings is 1. The van der Waals surface area contributed by atoms with Crippen molar-refractivity contribution in [3.63, 3.8) is 0 Å². The molecular formula is C26H36N2O. The van der Waals surface area contributed by atoms with Gasteiger partial charge in [0.2, 0.25) is 0 Å². The van der Waals surface area contributed by atoms with Crippen LogP contribution < -0.4 is 0 Å². The van der Waals surface area contributed by atoms with Crippen molar-refractivity contribution < 1.29 is 4.74 Å². The molecule has 1 aromatic carbocycles. The van der Waals surface area contributed by atoms with E-state index in [-0.39, 0.29) is 6.17 Å². The Balaban J connectivity index is 1.19. The second kappa shape index (κ2) is 9.40. The molecule has 0 radical (unpaired) electrons. The van der Waals surface area contributed by atoms with E-state index < -0.39 is 0 Å². The van der Waals surface area contributed by atoms with Crippen molar-refractivity contribution in [2.75, 3.05) is 19.7 Å². The molecule has 2 aliphatic heterocycles. The molecule has 29 heavy (non-hydrogen) atoms. The molecule has 1 saturated heterocycles. The molecule has 0 amide bonds. The number of hydrogen-bond acceptors (Lipinski definition) is 3. The smallest absolute Gasteiger partial charge is 0.121 e. The lowest BCUT2D eigenvalue weighted by molar-refractivity contribution is 0.0974. The molecule has 0 aromatic heterocycles. The lowest BCUT2D eigenvalue weighted by Gasteiger charge is -2.35. The van der Waals surface area contributed by atoms with Gasteiger partial charge in [0.25, 0.3) is 0 Å². The minimum atomic E-state index is 0.226. The summed E-state index contributed by atoms with van der Waals surface area (Å²) in [5.41, 5.74) is 5.28. The predicted octanol–water partition coefficient (Wildman–Crippen LogP) is 5.55. The van der Waals surface area contributed by atoms with E-state index in [0.717, 1.165) is 37.4 Å². The first kappa shape index (κ1) is 20.6. The van der Waals surface area contributed by atoms with Crippen molar-refractivity contribution in [1.29, 1.82) is 0 Å². The van der Waals surface area contributed by atoms with E-state index in [1.165, 1.54) is 54.6 Å². The number of piperidine rings is 1. The number of likely N-dealkylation sites (tertiary alicyclic amines) is 1. The Labute approximate surface area is 176 Å². The summed E-state index contributed by atoms with van der Waals surface area (Å²) < 4.78 is 6.02. The second-order valence-corrected chi connectivity index (χ2v) is 9.21. The molecule has 3 nitrogen and oxygen atoms in total. The largest absolute Gasteiger partial charge is 0.376 e. The fourth-order valence-corrected chi connectivity index (χ4v) is 4.89. The Hall–Kier alpha value is -1.71. The number of aliphatic imine (C=N–C) groups is 1. The quantitative estimate of drug-likeness (QED) is 0.607. The SMILES string of the molecule is CCC1=CC(C)=CC(N2CCC([C@H]3C[C@@H]3COCc3ccc(C)cc3)CC2)N=C1. The van der Waals surface area contributed by atoms with Gasteiger partial charge in [0.15, 0.2) is 0 Å². The third kappa shape index (κ3) is 5.46. The summed E-state index contributed by atoms with van der Waals surface area (Å²) in [6.45, 7) is 10.6. The van der Waals surface area contributed by atoms with Gasteiger partial charge in [-0.2, -0.15) is 0 Å². The third-order valence-corrected chi connectivity index (χ3v) is 6.88. The van der Waals surface area contributed by atoms with Crippen LogP contribution in [0.3, 0.4) is 0 Å². The Morgan fingerprint density at radius 3 is 2.59 bits per heavy atom. The van der Waals surface area contributed by atoms with E-state index in [2.05, 4.69) is 68.3 Å². The molecule has 2 heterocycles. The molecule has 2 fully saturated rings. The molecule has 3 aliphatic rings. The van der Waals surface area contributed by atoms with Crippen LogP contribution in [0.15, 0.2) is 52.6 Å².